The van der Waals surface area contributed by atoms with E-state index in [4.69, 9.17) is 10.2 Å². The normalized spacial score (nSPS) is 12.4. The molecule has 1 unspecified atom stereocenters. The standard InChI is InChI=1S/C31H58N3O6P/c1-25(35)19-15-13-11-9-7-5-3-4-6-8-10-12-14-16-21-30(38)33-27(26(2)36)22-23-29(37)32-24-18-17-20-28(34-41)31(39)40/h27-28,34-36H,1-24,41H2,(H,32,37)(H,33,38)(H,39,40)/t27-,28-/m0/s1. The van der Waals surface area contributed by atoms with E-state index in [0.717, 1.165) is 32.1 Å². The van der Waals surface area contributed by atoms with E-state index >= 15 is 0 Å². The lowest BCUT2D eigenvalue weighted by Gasteiger charge is -2.17. The summed E-state index contributed by atoms with van der Waals surface area (Å²) in [5, 5.41) is 36.1. The minimum Gasteiger partial charge on any atom is -0.513 e. The lowest BCUT2D eigenvalue weighted by Crippen LogP contribution is -2.37. The number of carboxylic acid groups (broad SMARTS) is 1. The minimum atomic E-state index is -0.903. The molecule has 0 aromatic heterocycles. The molecule has 0 bridgehead atoms. The van der Waals surface area contributed by atoms with E-state index in [9.17, 15) is 19.5 Å². The van der Waals surface area contributed by atoms with Gasteiger partial charge in [-0.15, -0.1) is 0 Å². The number of hydrogen-bond donors (Lipinski definition) is 6. The van der Waals surface area contributed by atoms with Gasteiger partial charge in [-0.1, -0.05) is 99.6 Å². The molecule has 0 aliphatic rings. The average Bonchev–Trinajstić information content (AvgIpc) is 2.92. The van der Waals surface area contributed by atoms with Crippen molar-refractivity contribution in [1.29, 1.82) is 0 Å². The Bertz CT molecular complexity index is 749. The van der Waals surface area contributed by atoms with Crippen LogP contribution in [0.15, 0.2) is 24.7 Å². The molecule has 238 valence electrons. The van der Waals surface area contributed by atoms with Gasteiger partial charge in [-0.3, -0.25) is 19.5 Å². The van der Waals surface area contributed by atoms with E-state index < -0.39 is 18.1 Å². The summed E-state index contributed by atoms with van der Waals surface area (Å²) in [4.78, 5) is 35.4. The van der Waals surface area contributed by atoms with Gasteiger partial charge in [0.1, 0.15) is 11.8 Å². The van der Waals surface area contributed by atoms with E-state index in [1.807, 2.05) is 0 Å². The number of carbonyl (C=O) groups is 3. The van der Waals surface area contributed by atoms with Gasteiger partial charge in [-0.25, -0.2) is 0 Å². The van der Waals surface area contributed by atoms with Gasteiger partial charge in [0, 0.05) is 25.8 Å². The van der Waals surface area contributed by atoms with Crippen molar-refractivity contribution in [2.75, 3.05) is 6.54 Å². The zero-order chi connectivity index (χ0) is 30.7. The molecule has 0 aliphatic carbocycles. The van der Waals surface area contributed by atoms with Gasteiger partial charge in [0.15, 0.2) is 0 Å². The fourth-order valence-electron chi connectivity index (χ4n) is 4.67. The molecule has 0 radical (unpaired) electrons. The van der Waals surface area contributed by atoms with Crippen molar-refractivity contribution in [2.24, 2.45) is 0 Å². The Morgan fingerprint density at radius 3 is 1.51 bits per heavy atom. The van der Waals surface area contributed by atoms with Crippen molar-refractivity contribution in [1.82, 2.24) is 15.7 Å². The molecule has 0 aromatic carbocycles. The summed E-state index contributed by atoms with van der Waals surface area (Å²) in [6.07, 6.45) is 19.9. The van der Waals surface area contributed by atoms with E-state index in [1.54, 1.807) is 0 Å². The largest absolute Gasteiger partial charge is 0.513 e. The number of carboxylic acids is 1. The zero-order valence-electron chi connectivity index (χ0n) is 25.3. The van der Waals surface area contributed by atoms with Crippen molar-refractivity contribution in [3.8, 4) is 0 Å². The maximum Gasteiger partial charge on any atom is 0.320 e. The predicted octanol–water partition coefficient (Wildman–Crippen LogP) is 6.76. The number of unbranched alkanes of at least 4 members (excludes halogenated alkanes) is 14. The van der Waals surface area contributed by atoms with Crippen LogP contribution in [0.4, 0.5) is 0 Å². The summed E-state index contributed by atoms with van der Waals surface area (Å²) < 4.78 is 0. The quantitative estimate of drug-likeness (QED) is 0.0316. The first-order chi connectivity index (χ1) is 19.7. The first-order valence-corrected chi connectivity index (χ1v) is 16.2. The maximum absolute atomic E-state index is 12.3. The molecule has 0 saturated heterocycles. The molecule has 6 N–H and O–H groups in total. The number of aliphatic hydroxyl groups excluding tert-OH is 2. The van der Waals surface area contributed by atoms with E-state index in [1.165, 1.54) is 64.2 Å². The molecule has 0 spiro atoms. The summed E-state index contributed by atoms with van der Waals surface area (Å²) >= 11 is 0. The molecular weight excluding hydrogens is 541 g/mol. The number of carbonyl (C=O) groups excluding carboxylic acids is 2. The van der Waals surface area contributed by atoms with Crippen molar-refractivity contribution < 1.29 is 29.7 Å². The maximum atomic E-state index is 12.3. The number of rotatable bonds is 29. The molecule has 0 saturated carbocycles. The Morgan fingerprint density at radius 2 is 1.07 bits per heavy atom. The fourth-order valence-corrected chi connectivity index (χ4v) is 4.98. The molecule has 0 fully saturated rings. The highest BCUT2D eigenvalue weighted by Gasteiger charge is 2.17. The minimum absolute atomic E-state index is 0.139. The van der Waals surface area contributed by atoms with Crippen LogP contribution in [0, 0.1) is 0 Å². The number of hydrogen-bond acceptors (Lipinski definition) is 6. The lowest BCUT2D eigenvalue weighted by atomic mass is 10.0. The second kappa shape index (κ2) is 26.8. The summed E-state index contributed by atoms with van der Waals surface area (Å²) in [5.74, 6) is -1.07. The number of aliphatic carboxylic acids is 1. The molecule has 0 aliphatic heterocycles. The smallest absolute Gasteiger partial charge is 0.320 e. The molecule has 0 aromatic rings. The Kier molecular flexibility index (Phi) is 25.4. The van der Waals surface area contributed by atoms with Crippen LogP contribution in [0.5, 0.6) is 0 Å². The van der Waals surface area contributed by atoms with Crippen molar-refractivity contribution >= 4 is 27.2 Å². The average molecular weight is 600 g/mol. The summed E-state index contributed by atoms with van der Waals surface area (Å²) in [7, 11) is 2.21. The summed E-state index contributed by atoms with van der Waals surface area (Å²) in [6.45, 7) is 7.50. The Balaban J connectivity index is 3.73. The van der Waals surface area contributed by atoms with E-state index in [-0.39, 0.29) is 30.4 Å². The van der Waals surface area contributed by atoms with Crippen molar-refractivity contribution in [3.05, 3.63) is 24.7 Å². The molecule has 0 rings (SSSR count). The SMILES string of the molecule is C=C(O)CCCCCCCCCCCCCCCCC(=O)N[C@@H](CCC(=O)NCCCC[C@H](NP)C(=O)O)C(=C)O. The van der Waals surface area contributed by atoms with Crippen LogP contribution in [0.1, 0.15) is 135 Å². The van der Waals surface area contributed by atoms with Crippen LogP contribution >= 0.6 is 9.39 Å². The first kappa shape index (κ1) is 38.9. The molecule has 2 amide bonds. The zero-order valence-corrected chi connectivity index (χ0v) is 26.4. The number of amides is 2. The van der Waals surface area contributed by atoms with Crippen LogP contribution < -0.4 is 15.7 Å². The Hall–Kier alpha value is -2.12. The van der Waals surface area contributed by atoms with Crippen LogP contribution in [-0.2, 0) is 14.4 Å². The molecular formula is C31H58N3O6P. The highest BCUT2D eigenvalue weighted by molar-refractivity contribution is 7.13. The molecule has 9 nitrogen and oxygen atoms in total. The highest BCUT2D eigenvalue weighted by atomic mass is 31.0. The third kappa shape index (κ3) is 25.3. The Labute approximate surface area is 250 Å². The first-order valence-electron chi connectivity index (χ1n) is 15.7. The monoisotopic (exact) mass is 599 g/mol. The summed E-state index contributed by atoms with van der Waals surface area (Å²) in [6, 6.07) is -1.27. The van der Waals surface area contributed by atoms with Crippen LogP contribution in [-0.4, -0.2) is 51.7 Å². The van der Waals surface area contributed by atoms with Gasteiger partial charge < -0.3 is 26.0 Å². The lowest BCUT2D eigenvalue weighted by molar-refractivity contribution is -0.139. The van der Waals surface area contributed by atoms with Gasteiger partial charge in [0.05, 0.1) is 11.8 Å². The molecule has 41 heavy (non-hydrogen) atoms. The van der Waals surface area contributed by atoms with Gasteiger partial charge >= 0.3 is 5.97 Å². The fraction of sp³-hybridized carbons (Fsp3) is 0.774. The van der Waals surface area contributed by atoms with Gasteiger partial charge in [0.25, 0.3) is 0 Å². The highest BCUT2D eigenvalue weighted by Crippen LogP contribution is 2.14. The third-order valence-corrected chi connectivity index (χ3v) is 7.66. The van der Waals surface area contributed by atoms with Gasteiger partial charge in [0.2, 0.25) is 11.8 Å². The molecule has 3 atom stereocenters. The third-order valence-electron chi connectivity index (χ3n) is 7.26. The van der Waals surface area contributed by atoms with Crippen molar-refractivity contribution in [3.63, 3.8) is 0 Å². The summed E-state index contributed by atoms with van der Waals surface area (Å²) in [5.41, 5.74) is 0. The number of aliphatic hydroxyl groups is 2. The van der Waals surface area contributed by atoms with E-state index in [0.29, 0.717) is 38.0 Å². The topological polar surface area (TPSA) is 148 Å². The second-order valence-electron chi connectivity index (χ2n) is 11.1. The number of nitrogens with one attached hydrogen (secondary N) is 3. The Morgan fingerprint density at radius 1 is 0.585 bits per heavy atom. The number of allylic oxidation sites excluding steroid dienone is 1. The van der Waals surface area contributed by atoms with Crippen molar-refractivity contribution in [2.45, 2.75) is 147 Å². The van der Waals surface area contributed by atoms with Gasteiger partial charge in [-0.2, -0.15) is 0 Å². The second-order valence-corrected chi connectivity index (χ2v) is 11.4. The van der Waals surface area contributed by atoms with Crippen LogP contribution in [0.2, 0.25) is 0 Å². The van der Waals surface area contributed by atoms with Crippen LogP contribution in [0.3, 0.4) is 0 Å². The molecule has 0 heterocycles. The molecule has 10 heteroatoms. The van der Waals surface area contributed by atoms with Crippen LogP contribution in [0.25, 0.3) is 0 Å². The van der Waals surface area contributed by atoms with Gasteiger partial charge in [-0.05, 0) is 38.5 Å². The predicted molar refractivity (Wildman–Crippen MR) is 170 cm³/mol. The van der Waals surface area contributed by atoms with E-state index in [2.05, 4.69) is 38.3 Å².